The Morgan fingerprint density at radius 2 is 1.73 bits per heavy atom. The largest absolute Gasteiger partial charge is 0.462 e. The molecule has 1 aromatic carbocycles. The zero-order valence-electron chi connectivity index (χ0n) is 15.0. The third kappa shape index (κ3) is 5.42. The minimum Gasteiger partial charge on any atom is -0.462 e. The van der Waals surface area contributed by atoms with Gasteiger partial charge in [-0.05, 0) is 50.6 Å². The Bertz CT molecular complexity index is 795. The predicted molar refractivity (Wildman–Crippen MR) is 99.7 cm³/mol. The predicted octanol–water partition coefficient (Wildman–Crippen LogP) is 3.73. The van der Waals surface area contributed by atoms with Crippen molar-refractivity contribution in [2.75, 3.05) is 18.5 Å². The Labute approximate surface area is 156 Å². The summed E-state index contributed by atoms with van der Waals surface area (Å²) in [5.74, 6) is -1.37. The smallest absolute Gasteiger partial charge is 0.339 e. The maximum Gasteiger partial charge on any atom is 0.339 e. The second kappa shape index (κ2) is 9.15. The van der Waals surface area contributed by atoms with Gasteiger partial charge >= 0.3 is 11.9 Å². The number of rotatable bonds is 7. The van der Waals surface area contributed by atoms with Crippen molar-refractivity contribution in [2.24, 2.45) is 0 Å². The molecule has 1 amide bonds. The van der Waals surface area contributed by atoms with Crippen molar-refractivity contribution in [3.05, 3.63) is 51.2 Å². The van der Waals surface area contributed by atoms with Crippen LogP contribution in [0.15, 0.2) is 30.3 Å². The van der Waals surface area contributed by atoms with Gasteiger partial charge in [-0.25, -0.2) is 9.59 Å². The van der Waals surface area contributed by atoms with Crippen molar-refractivity contribution in [3.63, 3.8) is 0 Å². The summed E-state index contributed by atoms with van der Waals surface area (Å²) in [6, 6.07) is 8.06. The first-order valence-corrected chi connectivity index (χ1v) is 9.03. The van der Waals surface area contributed by atoms with Crippen molar-refractivity contribution in [1.82, 2.24) is 0 Å². The zero-order valence-corrected chi connectivity index (χ0v) is 15.8. The fourth-order valence-corrected chi connectivity index (χ4v) is 3.12. The van der Waals surface area contributed by atoms with Crippen LogP contribution in [-0.4, -0.2) is 31.1 Å². The molecule has 0 atom stereocenters. The van der Waals surface area contributed by atoms with Crippen LogP contribution in [0.5, 0.6) is 0 Å². The Hall–Kier alpha value is -2.67. The van der Waals surface area contributed by atoms with Gasteiger partial charge in [0.1, 0.15) is 0 Å². The number of ether oxygens (including phenoxy) is 2. The van der Waals surface area contributed by atoms with E-state index in [-0.39, 0.29) is 6.61 Å². The SMILES string of the molecule is CCCOC(=O)c1ccc(NC(=O)COC(=O)c2cc(C)sc2C)cc1. The average molecular weight is 375 g/mol. The number of benzene rings is 1. The van der Waals surface area contributed by atoms with Crippen LogP contribution in [0.4, 0.5) is 5.69 Å². The Morgan fingerprint density at radius 1 is 1.04 bits per heavy atom. The summed E-state index contributed by atoms with van der Waals surface area (Å²) in [4.78, 5) is 37.5. The molecule has 1 N–H and O–H groups in total. The highest BCUT2D eigenvalue weighted by Gasteiger charge is 2.15. The number of esters is 2. The molecule has 0 aliphatic rings. The molecule has 2 aromatic rings. The molecule has 0 fully saturated rings. The Morgan fingerprint density at radius 3 is 2.31 bits per heavy atom. The van der Waals surface area contributed by atoms with E-state index in [0.29, 0.717) is 23.4 Å². The number of hydrogen-bond donors (Lipinski definition) is 1. The number of amides is 1. The number of thiophene rings is 1. The molecular formula is C19H21NO5S. The van der Waals surface area contributed by atoms with Gasteiger partial charge < -0.3 is 14.8 Å². The first-order valence-electron chi connectivity index (χ1n) is 8.22. The van der Waals surface area contributed by atoms with Gasteiger partial charge in [0.2, 0.25) is 0 Å². The van der Waals surface area contributed by atoms with Crippen molar-refractivity contribution >= 4 is 34.9 Å². The minimum atomic E-state index is -0.518. The fourth-order valence-electron chi connectivity index (χ4n) is 2.21. The quantitative estimate of drug-likeness (QED) is 0.746. The van der Waals surface area contributed by atoms with Gasteiger partial charge in [0, 0.05) is 15.4 Å². The molecule has 0 aliphatic heterocycles. The molecule has 1 heterocycles. The number of hydrogen-bond acceptors (Lipinski definition) is 6. The van der Waals surface area contributed by atoms with Crippen LogP contribution in [-0.2, 0) is 14.3 Å². The van der Waals surface area contributed by atoms with Gasteiger partial charge in [0.05, 0.1) is 17.7 Å². The molecule has 26 heavy (non-hydrogen) atoms. The van der Waals surface area contributed by atoms with Crippen molar-refractivity contribution in [1.29, 1.82) is 0 Å². The molecule has 6 nitrogen and oxygen atoms in total. The lowest BCUT2D eigenvalue weighted by Crippen LogP contribution is -2.21. The summed E-state index contributed by atoms with van der Waals surface area (Å²) in [5.41, 5.74) is 1.39. The standard InChI is InChI=1S/C19H21NO5S/c1-4-9-24-18(22)14-5-7-15(8-6-14)20-17(21)11-25-19(23)16-10-12(2)26-13(16)3/h5-8,10H,4,9,11H2,1-3H3,(H,20,21). The normalized spacial score (nSPS) is 10.3. The third-order valence-corrected chi connectivity index (χ3v) is 4.40. The van der Waals surface area contributed by atoms with Crippen LogP contribution in [0, 0.1) is 13.8 Å². The van der Waals surface area contributed by atoms with Gasteiger partial charge in [-0.15, -0.1) is 11.3 Å². The molecule has 0 aliphatic carbocycles. The minimum absolute atomic E-state index is 0.367. The number of anilines is 1. The second-order valence-electron chi connectivity index (χ2n) is 5.66. The first kappa shape index (κ1) is 19.7. The van der Waals surface area contributed by atoms with E-state index in [1.165, 1.54) is 11.3 Å². The summed E-state index contributed by atoms with van der Waals surface area (Å²) < 4.78 is 10.1. The molecule has 0 bridgehead atoms. The average Bonchev–Trinajstić information content (AvgIpc) is 2.96. The molecule has 0 saturated heterocycles. The van der Waals surface area contributed by atoms with Crippen molar-refractivity contribution in [2.45, 2.75) is 27.2 Å². The molecule has 138 valence electrons. The van der Waals surface area contributed by atoms with E-state index < -0.39 is 17.8 Å². The van der Waals surface area contributed by atoms with E-state index in [2.05, 4.69) is 5.32 Å². The van der Waals surface area contributed by atoms with Crippen LogP contribution in [0.2, 0.25) is 0 Å². The van der Waals surface area contributed by atoms with E-state index in [0.717, 1.165) is 16.2 Å². The molecule has 7 heteroatoms. The topological polar surface area (TPSA) is 81.7 Å². The van der Waals surface area contributed by atoms with Crippen LogP contribution >= 0.6 is 11.3 Å². The summed E-state index contributed by atoms with van der Waals surface area (Å²) in [7, 11) is 0. The summed E-state index contributed by atoms with van der Waals surface area (Å²) in [5, 5.41) is 2.61. The Kier molecular flexibility index (Phi) is 6.91. The van der Waals surface area contributed by atoms with Crippen LogP contribution < -0.4 is 5.32 Å². The summed E-state index contributed by atoms with van der Waals surface area (Å²) >= 11 is 1.50. The van der Waals surface area contributed by atoms with Crippen LogP contribution in [0.1, 0.15) is 43.8 Å². The van der Waals surface area contributed by atoms with Gasteiger partial charge in [0.25, 0.3) is 5.91 Å². The first-order chi connectivity index (χ1) is 12.4. The van der Waals surface area contributed by atoms with Crippen LogP contribution in [0.3, 0.4) is 0 Å². The molecule has 0 radical (unpaired) electrons. The number of carbonyl (C=O) groups is 3. The third-order valence-electron chi connectivity index (χ3n) is 3.44. The molecular weight excluding hydrogens is 354 g/mol. The lowest BCUT2D eigenvalue weighted by molar-refractivity contribution is -0.119. The molecule has 0 unspecified atom stereocenters. The maximum atomic E-state index is 12.0. The second-order valence-corrected chi connectivity index (χ2v) is 7.12. The van der Waals surface area contributed by atoms with Crippen LogP contribution in [0.25, 0.3) is 0 Å². The lowest BCUT2D eigenvalue weighted by atomic mass is 10.2. The highest BCUT2D eigenvalue weighted by molar-refractivity contribution is 7.12. The molecule has 2 rings (SSSR count). The van der Waals surface area contributed by atoms with E-state index in [4.69, 9.17) is 9.47 Å². The highest BCUT2D eigenvalue weighted by atomic mass is 32.1. The summed E-state index contributed by atoms with van der Waals surface area (Å²) in [6.45, 7) is 5.64. The fraction of sp³-hybridized carbons (Fsp3) is 0.316. The Balaban J connectivity index is 1.85. The number of nitrogens with one attached hydrogen (secondary N) is 1. The van der Waals surface area contributed by atoms with E-state index in [1.54, 1.807) is 30.3 Å². The van der Waals surface area contributed by atoms with Gasteiger partial charge in [-0.1, -0.05) is 6.92 Å². The number of aryl methyl sites for hydroxylation is 2. The lowest BCUT2D eigenvalue weighted by Gasteiger charge is -2.07. The summed E-state index contributed by atoms with van der Waals surface area (Å²) in [6.07, 6.45) is 0.753. The maximum absolute atomic E-state index is 12.0. The molecule has 0 saturated carbocycles. The monoisotopic (exact) mass is 375 g/mol. The van der Waals surface area contributed by atoms with E-state index in [9.17, 15) is 14.4 Å². The van der Waals surface area contributed by atoms with Crippen molar-refractivity contribution < 1.29 is 23.9 Å². The van der Waals surface area contributed by atoms with Gasteiger partial charge in [-0.3, -0.25) is 4.79 Å². The highest BCUT2D eigenvalue weighted by Crippen LogP contribution is 2.21. The van der Waals surface area contributed by atoms with Gasteiger partial charge in [-0.2, -0.15) is 0 Å². The number of carbonyl (C=O) groups excluding carboxylic acids is 3. The molecule has 0 spiro atoms. The van der Waals surface area contributed by atoms with E-state index >= 15 is 0 Å². The zero-order chi connectivity index (χ0) is 19.1. The van der Waals surface area contributed by atoms with Crippen molar-refractivity contribution in [3.8, 4) is 0 Å². The van der Waals surface area contributed by atoms with Gasteiger partial charge in [0.15, 0.2) is 6.61 Å². The molecule has 1 aromatic heterocycles. The van der Waals surface area contributed by atoms with E-state index in [1.807, 2.05) is 20.8 Å².